The standard InChI is InChI=1S/C17H20N2O/c1-18(2)11-12-19-15-9-5-4-7-13(15)14-8-6-10-16(20-3)17(14)19/h4-10H,11-12H2,1-3H3. The molecule has 3 rings (SSSR count). The van der Waals surface area contributed by atoms with E-state index in [9.17, 15) is 0 Å². The molecule has 0 aliphatic carbocycles. The number of hydrogen-bond acceptors (Lipinski definition) is 2. The van der Waals surface area contributed by atoms with Crippen LogP contribution < -0.4 is 4.74 Å². The van der Waals surface area contributed by atoms with E-state index in [1.807, 2.05) is 6.07 Å². The molecular weight excluding hydrogens is 248 g/mol. The van der Waals surface area contributed by atoms with E-state index < -0.39 is 0 Å². The molecule has 0 spiro atoms. The number of aromatic nitrogens is 1. The highest BCUT2D eigenvalue weighted by Gasteiger charge is 2.13. The largest absolute Gasteiger partial charge is 0.495 e. The maximum absolute atomic E-state index is 5.57. The number of methoxy groups -OCH3 is 1. The van der Waals surface area contributed by atoms with E-state index in [1.165, 1.54) is 21.8 Å². The van der Waals surface area contributed by atoms with Crippen molar-refractivity contribution in [3.63, 3.8) is 0 Å². The zero-order chi connectivity index (χ0) is 14.1. The molecule has 3 heteroatoms. The Kier molecular flexibility index (Phi) is 3.36. The van der Waals surface area contributed by atoms with Crippen LogP contribution in [0.2, 0.25) is 0 Å². The predicted molar refractivity (Wildman–Crippen MR) is 84.6 cm³/mol. The van der Waals surface area contributed by atoms with Crippen LogP contribution >= 0.6 is 0 Å². The van der Waals surface area contributed by atoms with Gasteiger partial charge in [0, 0.05) is 29.4 Å². The number of nitrogens with zero attached hydrogens (tertiary/aromatic N) is 2. The van der Waals surface area contributed by atoms with Gasteiger partial charge in [-0.2, -0.15) is 0 Å². The van der Waals surface area contributed by atoms with Crippen molar-refractivity contribution in [3.8, 4) is 5.75 Å². The van der Waals surface area contributed by atoms with Crippen molar-refractivity contribution in [2.75, 3.05) is 27.7 Å². The second-order valence-electron chi connectivity index (χ2n) is 5.33. The molecule has 3 aromatic rings. The van der Waals surface area contributed by atoms with Crippen molar-refractivity contribution >= 4 is 21.8 Å². The first-order valence-corrected chi connectivity index (χ1v) is 6.91. The average molecular weight is 268 g/mol. The Bertz CT molecular complexity index is 743. The quantitative estimate of drug-likeness (QED) is 0.722. The lowest BCUT2D eigenvalue weighted by molar-refractivity contribution is 0.386. The van der Waals surface area contributed by atoms with E-state index in [-0.39, 0.29) is 0 Å². The summed E-state index contributed by atoms with van der Waals surface area (Å²) in [5.41, 5.74) is 2.46. The first-order valence-electron chi connectivity index (χ1n) is 6.91. The first-order chi connectivity index (χ1) is 9.72. The van der Waals surface area contributed by atoms with Gasteiger partial charge < -0.3 is 14.2 Å². The fraction of sp³-hybridized carbons (Fsp3) is 0.294. The zero-order valence-corrected chi connectivity index (χ0v) is 12.3. The van der Waals surface area contributed by atoms with Gasteiger partial charge in [0.25, 0.3) is 0 Å². The summed E-state index contributed by atoms with van der Waals surface area (Å²) in [5.74, 6) is 0.942. The van der Waals surface area contributed by atoms with Gasteiger partial charge in [0.05, 0.1) is 12.6 Å². The molecular formula is C17H20N2O. The highest BCUT2D eigenvalue weighted by atomic mass is 16.5. The number of benzene rings is 2. The minimum atomic E-state index is 0.942. The maximum atomic E-state index is 5.57. The van der Waals surface area contributed by atoms with Gasteiger partial charge in [0.15, 0.2) is 0 Å². The summed E-state index contributed by atoms with van der Waals surface area (Å²) in [7, 11) is 5.94. The van der Waals surface area contributed by atoms with Crippen LogP contribution in [0, 0.1) is 0 Å². The van der Waals surface area contributed by atoms with Crippen LogP contribution in [0.1, 0.15) is 0 Å². The third-order valence-corrected chi connectivity index (χ3v) is 3.74. The van der Waals surface area contributed by atoms with Crippen LogP contribution in [0.3, 0.4) is 0 Å². The molecule has 0 saturated heterocycles. The normalized spacial score (nSPS) is 11.6. The molecule has 0 fully saturated rings. The van der Waals surface area contributed by atoms with Crippen LogP contribution in [0.25, 0.3) is 21.8 Å². The summed E-state index contributed by atoms with van der Waals surface area (Å²) in [5, 5.41) is 2.55. The highest BCUT2D eigenvalue weighted by Crippen LogP contribution is 2.34. The monoisotopic (exact) mass is 268 g/mol. The van der Waals surface area contributed by atoms with Crippen molar-refractivity contribution < 1.29 is 4.74 Å². The Morgan fingerprint density at radius 3 is 2.50 bits per heavy atom. The third-order valence-electron chi connectivity index (χ3n) is 3.74. The molecule has 0 bridgehead atoms. The van der Waals surface area contributed by atoms with Gasteiger partial charge in [-0.15, -0.1) is 0 Å². The van der Waals surface area contributed by atoms with E-state index in [4.69, 9.17) is 4.74 Å². The fourth-order valence-electron chi connectivity index (χ4n) is 2.77. The van der Waals surface area contributed by atoms with Gasteiger partial charge >= 0.3 is 0 Å². The number of para-hydroxylation sites is 2. The minimum absolute atomic E-state index is 0.942. The average Bonchev–Trinajstić information content (AvgIpc) is 2.79. The molecule has 1 heterocycles. The van der Waals surface area contributed by atoms with E-state index in [2.05, 4.69) is 60.0 Å². The van der Waals surface area contributed by atoms with Gasteiger partial charge in [-0.25, -0.2) is 0 Å². The molecule has 2 aromatic carbocycles. The number of fused-ring (bicyclic) bond motifs is 3. The molecule has 0 aliphatic rings. The topological polar surface area (TPSA) is 17.4 Å². The van der Waals surface area contributed by atoms with Crippen LogP contribution in [0.15, 0.2) is 42.5 Å². The lowest BCUT2D eigenvalue weighted by atomic mass is 10.1. The number of likely N-dealkylation sites (N-methyl/N-ethyl adjacent to an activating group) is 1. The smallest absolute Gasteiger partial charge is 0.143 e. The van der Waals surface area contributed by atoms with Crippen LogP contribution in [0.5, 0.6) is 5.75 Å². The van der Waals surface area contributed by atoms with Crippen molar-refractivity contribution in [2.45, 2.75) is 6.54 Å². The summed E-state index contributed by atoms with van der Waals surface area (Å²) in [6, 6.07) is 14.8. The molecule has 0 unspecified atom stereocenters. The summed E-state index contributed by atoms with van der Waals surface area (Å²) in [6.45, 7) is 1.96. The Morgan fingerprint density at radius 2 is 1.75 bits per heavy atom. The summed E-state index contributed by atoms with van der Waals surface area (Å²) in [6.07, 6.45) is 0. The molecule has 0 saturated carbocycles. The molecule has 104 valence electrons. The van der Waals surface area contributed by atoms with Gasteiger partial charge in [-0.1, -0.05) is 30.3 Å². The zero-order valence-electron chi connectivity index (χ0n) is 12.3. The van der Waals surface area contributed by atoms with Crippen LogP contribution in [0.4, 0.5) is 0 Å². The Morgan fingerprint density at radius 1 is 1.00 bits per heavy atom. The van der Waals surface area contributed by atoms with Gasteiger partial charge in [-0.05, 0) is 26.2 Å². The van der Waals surface area contributed by atoms with Crippen molar-refractivity contribution in [1.29, 1.82) is 0 Å². The van der Waals surface area contributed by atoms with Gasteiger partial charge in [-0.3, -0.25) is 0 Å². The molecule has 0 radical (unpaired) electrons. The lowest BCUT2D eigenvalue weighted by Gasteiger charge is -2.13. The Balaban J connectivity index is 2.31. The van der Waals surface area contributed by atoms with Gasteiger partial charge in [0.2, 0.25) is 0 Å². The van der Waals surface area contributed by atoms with Gasteiger partial charge in [0.1, 0.15) is 5.75 Å². The van der Waals surface area contributed by atoms with E-state index >= 15 is 0 Å². The number of ether oxygens (including phenoxy) is 1. The van der Waals surface area contributed by atoms with E-state index in [1.54, 1.807) is 7.11 Å². The molecule has 0 amide bonds. The third kappa shape index (κ3) is 2.04. The van der Waals surface area contributed by atoms with Crippen molar-refractivity contribution in [2.24, 2.45) is 0 Å². The SMILES string of the molecule is COc1cccc2c3ccccc3n(CCN(C)C)c12. The first kappa shape index (κ1) is 13.0. The minimum Gasteiger partial charge on any atom is -0.495 e. The van der Waals surface area contributed by atoms with E-state index in [0.29, 0.717) is 0 Å². The Hall–Kier alpha value is -2.00. The summed E-state index contributed by atoms with van der Waals surface area (Å²) >= 11 is 0. The number of hydrogen-bond donors (Lipinski definition) is 0. The highest BCUT2D eigenvalue weighted by molar-refractivity contribution is 6.10. The second-order valence-corrected chi connectivity index (χ2v) is 5.33. The fourth-order valence-corrected chi connectivity index (χ4v) is 2.77. The summed E-state index contributed by atoms with van der Waals surface area (Å²) in [4.78, 5) is 2.20. The lowest BCUT2D eigenvalue weighted by Crippen LogP contribution is -2.18. The van der Waals surface area contributed by atoms with Crippen LogP contribution in [-0.4, -0.2) is 37.2 Å². The van der Waals surface area contributed by atoms with E-state index in [0.717, 1.165) is 18.8 Å². The summed E-state index contributed by atoms with van der Waals surface area (Å²) < 4.78 is 7.93. The van der Waals surface area contributed by atoms with Crippen LogP contribution in [-0.2, 0) is 6.54 Å². The molecule has 0 atom stereocenters. The molecule has 3 nitrogen and oxygen atoms in total. The van der Waals surface area contributed by atoms with Crippen molar-refractivity contribution in [3.05, 3.63) is 42.5 Å². The molecule has 1 aromatic heterocycles. The predicted octanol–water partition coefficient (Wildman–Crippen LogP) is 3.36. The second kappa shape index (κ2) is 5.17. The molecule has 20 heavy (non-hydrogen) atoms. The molecule has 0 aliphatic heterocycles. The molecule has 0 N–H and O–H groups in total. The Labute approximate surface area is 119 Å². The number of rotatable bonds is 4. The van der Waals surface area contributed by atoms with Crippen molar-refractivity contribution in [1.82, 2.24) is 9.47 Å². The maximum Gasteiger partial charge on any atom is 0.143 e.